The van der Waals surface area contributed by atoms with Crippen molar-refractivity contribution in [2.75, 3.05) is 18.5 Å². The molecule has 0 saturated carbocycles. The number of amides is 1. The highest BCUT2D eigenvalue weighted by molar-refractivity contribution is 5.89. The van der Waals surface area contributed by atoms with Gasteiger partial charge in [-0.1, -0.05) is 0 Å². The van der Waals surface area contributed by atoms with E-state index < -0.39 is 5.66 Å². The quantitative estimate of drug-likeness (QED) is 0.785. The molecule has 1 fully saturated rings. The van der Waals surface area contributed by atoms with Crippen LogP contribution < -0.4 is 5.32 Å². The van der Waals surface area contributed by atoms with Crippen molar-refractivity contribution >= 4 is 11.7 Å². The molecular weight excluding hydrogens is 294 g/mol. The minimum absolute atomic E-state index is 0.0548. The Morgan fingerprint density at radius 1 is 1.52 bits per heavy atom. The van der Waals surface area contributed by atoms with E-state index in [-0.39, 0.29) is 11.9 Å². The van der Waals surface area contributed by atoms with Gasteiger partial charge in [-0.05, 0) is 12.8 Å². The molecule has 0 aliphatic carbocycles. The lowest BCUT2D eigenvalue weighted by Crippen LogP contribution is -2.25. The molecule has 23 heavy (non-hydrogen) atoms. The van der Waals surface area contributed by atoms with Crippen LogP contribution >= 0.6 is 0 Å². The smallest absolute Gasteiger partial charge is 0.225 e. The van der Waals surface area contributed by atoms with Crippen LogP contribution in [0.15, 0.2) is 22.5 Å². The monoisotopic (exact) mass is 315 g/mol. The maximum atomic E-state index is 12.2. The molecule has 0 bridgehead atoms. The predicted octanol–water partition coefficient (Wildman–Crippen LogP) is 2.53. The molecule has 0 spiro atoms. The van der Waals surface area contributed by atoms with Crippen molar-refractivity contribution in [2.45, 2.75) is 50.2 Å². The topological polar surface area (TPSA) is 80.9 Å². The van der Waals surface area contributed by atoms with Crippen molar-refractivity contribution in [3.05, 3.63) is 12.3 Å². The van der Waals surface area contributed by atoms with Crippen molar-refractivity contribution < 1.29 is 9.53 Å². The van der Waals surface area contributed by atoms with Gasteiger partial charge in [0.1, 0.15) is 5.82 Å². The van der Waals surface area contributed by atoms with Crippen LogP contribution in [0, 0.1) is 12.3 Å². The highest BCUT2D eigenvalue weighted by atomic mass is 16.5. The molecule has 3 heterocycles. The number of nitrogens with one attached hydrogen (secondary N) is 1. The summed E-state index contributed by atoms with van der Waals surface area (Å²) in [6.45, 7) is 1.43. The summed E-state index contributed by atoms with van der Waals surface area (Å²) in [6, 6.07) is 2.00. The summed E-state index contributed by atoms with van der Waals surface area (Å²) in [4.78, 5) is 12.2. The van der Waals surface area contributed by atoms with E-state index >= 15 is 0 Å². The number of carbonyl (C=O) groups excluding carboxylic acids is 1. The molecule has 7 nitrogen and oxygen atoms in total. The molecule has 2 aliphatic rings. The number of terminal acetylenes is 1. The minimum Gasteiger partial charge on any atom is -0.379 e. The van der Waals surface area contributed by atoms with Crippen LogP contribution in [0.3, 0.4) is 0 Å². The number of hydrogen-bond donors (Lipinski definition) is 1. The molecule has 1 aromatic heterocycles. The van der Waals surface area contributed by atoms with Crippen molar-refractivity contribution in [1.82, 2.24) is 9.78 Å². The van der Waals surface area contributed by atoms with E-state index in [9.17, 15) is 4.79 Å². The standard InChI is InChI=1S/C16H21N5O2/c1-2-3-8-16(19-20-16)9-6-15(22)18-14-7-10-17-21(14)13-5-4-11-23-12-13/h1,7,10,13H,3-6,8-9,11-12H2,(H,18,22). The Labute approximate surface area is 135 Å². The van der Waals surface area contributed by atoms with Gasteiger partial charge in [-0.3, -0.25) is 4.79 Å². The second-order valence-electron chi connectivity index (χ2n) is 5.97. The highest BCUT2D eigenvalue weighted by Gasteiger charge is 2.39. The normalized spacial score (nSPS) is 21.6. The fourth-order valence-corrected chi connectivity index (χ4v) is 2.81. The number of nitrogens with zero attached hydrogens (tertiary/aromatic N) is 4. The number of hydrogen-bond acceptors (Lipinski definition) is 5. The second kappa shape index (κ2) is 6.92. The third kappa shape index (κ3) is 3.96. The van der Waals surface area contributed by atoms with Crippen LogP contribution in [0.4, 0.5) is 5.82 Å². The van der Waals surface area contributed by atoms with Gasteiger partial charge in [-0.25, -0.2) is 4.68 Å². The molecule has 122 valence electrons. The van der Waals surface area contributed by atoms with Gasteiger partial charge in [-0.2, -0.15) is 15.3 Å². The zero-order chi connectivity index (χ0) is 16.1. The zero-order valence-corrected chi connectivity index (χ0v) is 13.1. The van der Waals surface area contributed by atoms with E-state index in [0.717, 1.165) is 19.4 Å². The summed E-state index contributed by atoms with van der Waals surface area (Å²) in [7, 11) is 0. The first-order chi connectivity index (χ1) is 11.2. The van der Waals surface area contributed by atoms with E-state index in [1.807, 2.05) is 10.7 Å². The molecule has 1 saturated heterocycles. The second-order valence-corrected chi connectivity index (χ2v) is 5.97. The van der Waals surface area contributed by atoms with Gasteiger partial charge < -0.3 is 10.1 Å². The largest absolute Gasteiger partial charge is 0.379 e. The highest BCUT2D eigenvalue weighted by Crippen LogP contribution is 2.37. The molecular formula is C16H21N5O2. The number of ether oxygens (including phenoxy) is 1. The van der Waals surface area contributed by atoms with E-state index in [0.29, 0.717) is 38.1 Å². The Balaban J connectivity index is 1.51. The fraction of sp³-hybridized carbons (Fsp3) is 0.625. The Morgan fingerprint density at radius 3 is 3.09 bits per heavy atom. The van der Waals surface area contributed by atoms with Crippen molar-refractivity contribution in [3.8, 4) is 12.3 Å². The third-order valence-corrected chi connectivity index (χ3v) is 4.22. The Hall–Kier alpha value is -2.20. The SMILES string of the molecule is C#CCCC1(CCC(=O)Nc2ccnn2C2CCCOC2)N=N1. The molecule has 1 amide bonds. The Bertz CT molecular complexity index is 619. The Kier molecular flexibility index (Phi) is 4.72. The average Bonchev–Trinajstić information content (AvgIpc) is 3.21. The molecule has 1 atom stereocenters. The summed E-state index contributed by atoms with van der Waals surface area (Å²) in [5, 5.41) is 15.3. The molecule has 3 rings (SSSR count). The van der Waals surface area contributed by atoms with E-state index in [1.165, 1.54) is 0 Å². The molecule has 2 aliphatic heterocycles. The van der Waals surface area contributed by atoms with Gasteiger partial charge in [0.15, 0.2) is 5.66 Å². The van der Waals surface area contributed by atoms with Gasteiger partial charge in [0.25, 0.3) is 0 Å². The first kappa shape index (κ1) is 15.7. The van der Waals surface area contributed by atoms with Crippen molar-refractivity contribution in [1.29, 1.82) is 0 Å². The Morgan fingerprint density at radius 2 is 2.39 bits per heavy atom. The van der Waals surface area contributed by atoms with Gasteiger partial charge in [0.05, 0.1) is 18.8 Å². The van der Waals surface area contributed by atoms with Crippen molar-refractivity contribution in [2.24, 2.45) is 10.2 Å². The van der Waals surface area contributed by atoms with Crippen LogP contribution in [0.1, 0.15) is 44.6 Å². The van der Waals surface area contributed by atoms with Crippen molar-refractivity contribution in [3.63, 3.8) is 0 Å². The lowest BCUT2D eigenvalue weighted by atomic mass is 10.0. The maximum Gasteiger partial charge on any atom is 0.225 e. The molecule has 7 heteroatoms. The first-order valence-corrected chi connectivity index (χ1v) is 8.01. The van der Waals surface area contributed by atoms with Gasteiger partial charge in [-0.15, -0.1) is 12.3 Å². The number of aromatic nitrogens is 2. The van der Waals surface area contributed by atoms with Gasteiger partial charge in [0.2, 0.25) is 5.91 Å². The zero-order valence-electron chi connectivity index (χ0n) is 13.1. The lowest BCUT2D eigenvalue weighted by Gasteiger charge is -2.24. The van der Waals surface area contributed by atoms with Crippen LogP contribution in [0.25, 0.3) is 0 Å². The molecule has 1 aromatic rings. The van der Waals surface area contributed by atoms with Crippen LogP contribution in [0.5, 0.6) is 0 Å². The number of carbonyl (C=O) groups is 1. The van der Waals surface area contributed by atoms with Crippen LogP contribution in [-0.4, -0.2) is 34.6 Å². The maximum absolute atomic E-state index is 12.2. The van der Waals surface area contributed by atoms with Crippen LogP contribution in [0.2, 0.25) is 0 Å². The molecule has 0 aromatic carbocycles. The summed E-state index contributed by atoms with van der Waals surface area (Å²) in [6.07, 6.45) is 11.3. The third-order valence-electron chi connectivity index (χ3n) is 4.22. The van der Waals surface area contributed by atoms with Gasteiger partial charge in [0, 0.05) is 38.4 Å². The number of rotatable bonds is 7. The fourth-order valence-electron chi connectivity index (χ4n) is 2.81. The predicted molar refractivity (Wildman–Crippen MR) is 84.8 cm³/mol. The summed E-state index contributed by atoms with van der Waals surface area (Å²) in [5.41, 5.74) is -0.416. The van der Waals surface area contributed by atoms with E-state index in [2.05, 4.69) is 26.6 Å². The van der Waals surface area contributed by atoms with E-state index in [4.69, 9.17) is 11.2 Å². The average molecular weight is 315 g/mol. The summed E-state index contributed by atoms with van der Waals surface area (Å²) in [5.74, 6) is 3.25. The summed E-state index contributed by atoms with van der Waals surface area (Å²) < 4.78 is 7.33. The van der Waals surface area contributed by atoms with Gasteiger partial charge >= 0.3 is 0 Å². The van der Waals surface area contributed by atoms with E-state index in [1.54, 1.807) is 6.20 Å². The molecule has 0 radical (unpaired) electrons. The first-order valence-electron chi connectivity index (χ1n) is 8.01. The lowest BCUT2D eigenvalue weighted by molar-refractivity contribution is -0.116. The summed E-state index contributed by atoms with van der Waals surface area (Å²) >= 11 is 0. The molecule has 1 N–H and O–H groups in total. The molecule has 1 unspecified atom stereocenters. The minimum atomic E-state index is -0.416. The number of anilines is 1. The van der Waals surface area contributed by atoms with Crippen LogP contribution in [-0.2, 0) is 9.53 Å².